The first kappa shape index (κ1) is 15.0. The van der Waals surface area contributed by atoms with Gasteiger partial charge in [-0.3, -0.25) is 4.79 Å². The summed E-state index contributed by atoms with van der Waals surface area (Å²) in [5, 5.41) is 12.8. The zero-order chi connectivity index (χ0) is 13.5. The van der Waals surface area contributed by atoms with Crippen LogP contribution in [0.4, 0.5) is 0 Å². The third-order valence-corrected chi connectivity index (χ3v) is 2.94. The highest BCUT2D eigenvalue weighted by Crippen LogP contribution is 2.22. The molecular weight excluding hydrogens is 250 g/mol. The Bertz CT molecular complexity index is 376. The second kappa shape index (κ2) is 7.39. The van der Waals surface area contributed by atoms with Gasteiger partial charge in [0, 0.05) is 23.5 Å². The van der Waals surface area contributed by atoms with Crippen LogP contribution in [0.15, 0.2) is 24.3 Å². The Kier molecular flexibility index (Phi) is 6.16. The Balaban J connectivity index is 2.65. The monoisotopic (exact) mass is 269 g/mol. The molecule has 0 radical (unpaired) electrons. The van der Waals surface area contributed by atoms with Gasteiger partial charge in [0.05, 0.1) is 0 Å². The summed E-state index contributed by atoms with van der Waals surface area (Å²) in [4.78, 5) is 10.5. The SMILES string of the molecule is CC(C)NC(CCCC(=O)O)c1ccc(Cl)cc1. The van der Waals surface area contributed by atoms with E-state index in [1.165, 1.54) is 0 Å². The van der Waals surface area contributed by atoms with Gasteiger partial charge in [0.1, 0.15) is 0 Å². The van der Waals surface area contributed by atoms with E-state index in [4.69, 9.17) is 16.7 Å². The van der Waals surface area contributed by atoms with E-state index < -0.39 is 5.97 Å². The molecule has 0 saturated heterocycles. The zero-order valence-electron chi connectivity index (χ0n) is 10.8. The predicted octanol–water partition coefficient (Wildman–Crippen LogP) is 3.63. The van der Waals surface area contributed by atoms with Crippen molar-refractivity contribution in [3.05, 3.63) is 34.9 Å². The molecule has 1 atom stereocenters. The number of carboxylic acids is 1. The van der Waals surface area contributed by atoms with Crippen molar-refractivity contribution in [1.82, 2.24) is 5.32 Å². The molecule has 100 valence electrons. The van der Waals surface area contributed by atoms with E-state index in [-0.39, 0.29) is 12.5 Å². The van der Waals surface area contributed by atoms with E-state index in [0.29, 0.717) is 17.5 Å². The maximum Gasteiger partial charge on any atom is 0.303 e. The number of carbonyl (C=O) groups is 1. The molecular formula is C14H20ClNO2. The lowest BCUT2D eigenvalue weighted by Crippen LogP contribution is -2.28. The zero-order valence-corrected chi connectivity index (χ0v) is 11.6. The van der Waals surface area contributed by atoms with Crippen molar-refractivity contribution >= 4 is 17.6 Å². The molecule has 1 aromatic rings. The minimum absolute atomic E-state index is 0.182. The molecule has 0 aliphatic carbocycles. The minimum atomic E-state index is -0.741. The topological polar surface area (TPSA) is 49.3 Å². The number of halogens is 1. The first-order chi connectivity index (χ1) is 8.49. The summed E-state index contributed by atoms with van der Waals surface area (Å²) in [6.45, 7) is 4.17. The first-order valence-electron chi connectivity index (χ1n) is 6.22. The molecule has 0 heterocycles. The molecule has 0 bridgehead atoms. The van der Waals surface area contributed by atoms with Crippen LogP contribution in [0.5, 0.6) is 0 Å². The van der Waals surface area contributed by atoms with E-state index in [1.807, 2.05) is 24.3 Å². The van der Waals surface area contributed by atoms with Crippen LogP contribution >= 0.6 is 11.6 Å². The molecule has 0 aliphatic rings. The molecule has 0 aliphatic heterocycles. The van der Waals surface area contributed by atoms with Crippen LogP contribution < -0.4 is 5.32 Å². The number of nitrogens with one attached hydrogen (secondary N) is 1. The number of carboxylic acid groups (broad SMARTS) is 1. The Morgan fingerprint density at radius 2 is 1.94 bits per heavy atom. The van der Waals surface area contributed by atoms with Crippen molar-refractivity contribution in [2.75, 3.05) is 0 Å². The maximum absolute atomic E-state index is 10.5. The highest BCUT2D eigenvalue weighted by Gasteiger charge is 2.13. The lowest BCUT2D eigenvalue weighted by Gasteiger charge is -2.21. The molecule has 0 aromatic heterocycles. The molecule has 18 heavy (non-hydrogen) atoms. The molecule has 0 spiro atoms. The summed E-state index contributed by atoms with van der Waals surface area (Å²) in [5.41, 5.74) is 1.15. The van der Waals surface area contributed by atoms with Crippen LogP contribution in [0.25, 0.3) is 0 Å². The average molecular weight is 270 g/mol. The Morgan fingerprint density at radius 3 is 2.44 bits per heavy atom. The van der Waals surface area contributed by atoms with E-state index in [1.54, 1.807) is 0 Å². The van der Waals surface area contributed by atoms with Gasteiger partial charge in [-0.25, -0.2) is 0 Å². The van der Waals surface area contributed by atoms with E-state index in [2.05, 4.69) is 19.2 Å². The second-order valence-electron chi connectivity index (χ2n) is 4.71. The Labute approximate surface area is 113 Å². The molecule has 2 N–H and O–H groups in total. The molecule has 0 amide bonds. The summed E-state index contributed by atoms with van der Waals surface area (Å²) in [6, 6.07) is 8.25. The fourth-order valence-electron chi connectivity index (χ4n) is 1.90. The van der Waals surface area contributed by atoms with Gasteiger partial charge in [-0.2, -0.15) is 0 Å². The molecule has 1 aromatic carbocycles. The van der Waals surface area contributed by atoms with Crippen LogP contribution in [0.2, 0.25) is 5.02 Å². The third-order valence-electron chi connectivity index (χ3n) is 2.69. The molecule has 0 fully saturated rings. The van der Waals surface area contributed by atoms with Gasteiger partial charge in [0.2, 0.25) is 0 Å². The van der Waals surface area contributed by atoms with Crippen molar-refractivity contribution in [2.24, 2.45) is 0 Å². The van der Waals surface area contributed by atoms with Gasteiger partial charge in [-0.05, 0) is 30.5 Å². The van der Waals surface area contributed by atoms with Gasteiger partial charge in [-0.15, -0.1) is 0 Å². The van der Waals surface area contributed by atoms with Crippen molar-refractivity contribution < 1.29 is 9.90 Å². The molecule has 1 unspecified atom stereocenters. The third kappa shape index (κ3) is 5.52. The standard InChI is InChI=1S/C14H20ClNO2/c1-10(2)16-13(4-3-5-14(17)18)11-6-8-12(15)9-7-11/h6-10,13,16H,3-5H2,1-2H3,(H,17,18). The lowest BCUT2D eigenvalue weighted by molar-refractivity contribution is -0.137. The van der Waals surface area contributed by atoms with Crippen LogP contribution in [0.3, 0.4) is 0 Å². The molecule has 3 nitrogen and oxygen atoms in total. The average Bonchev–Trinajstić information content (AvgIpc) is 2.28. The van der Waals surface area contributed by atoms with Crippen molar-refractivity contribution in [3.8, 4) is 0 Å². The van der Waals surface area contributed by atoms with Gasteiger partial charge < -0.3 is 10.4 Å². The lowest BCUT2D eigenvalue weighted by atomic mass is 10.0. The van der Waals surface area contributed by atoms with Crippen LogP contribution in [0, 0.1) is 0 Å². The van der Waals surface area contributed by atoms with Crippen molar-refractivity contribution in [1.29, 1.82) is 0 Å². The van der Waals surface area contributed by atoms with E-state index in [0.717, 1.165) is 12.0 Å². The second-order valence-corrected chi connectivity index (χ2v) is 5.15. The highest BCUT2D eigenvalue weighted by atomic mass is 35.5. The first-order valence-corrected chi connectivity index (χ1v) is 6.60. The molecule has 0 saturated carbocycles. The summed E-state index contributed by atoms with van der Waals surface area (Å²) in [5.74, 6) is -0.741. The summed E-state index contributed by atoms with van der Waals surface area (Å²) < 4.78 is 0. The van der Waals surface area contributed by atoms with E-state index >= 15 is 0 Å². The van der Waals surface area contributed by atoms with Gasteiger partial charge in [0.25, 0.3) is 0 Å². The Hall–Kier alpha value is -1.06. The van der Waals surface area contributed by atoms with Gasteiger partial charge in [0.15, 0.2) is 0 Å². The summed E-state index contributed by atoms with van der Waals surface area (Å²) in [7, 11) is 0. The maximum atomic E-state index is 10.5. The number of hydrogen-bond acceptors (Lipinski definition) is 2. The fourth-order valence-corrected chi connectivity index (χ4v) is 2.03. The summed E-state index contributed by atoms with van der Waals surface area (Å²) in [6.07, 6.45) is 1.69. The normalized spacial score (nSPS) is 12.7. The highest BCUT2D eigenvalue weighted by molar-refractivity contribution is 6.30. The van der Waals surface area contributed by atoms with Crippen LogP contribution in [-0.2, 0) is 4.79 Å². The quantitative estimate of drug-likeness (QED) is 0.795. The minimum Gasteiger partial charge on any atom is -0.481 e. The Morgan fingerprint density at radius 1 is 1.33 bits per heavy atom. The largest absolute Gasteiger partial charge is 0.481 e. The molecule has 1 rings (SSSR count). The van der Waals surface area contributed by atoms with Crippen molar-refractivity contribution in [3.63, 3.8) is 0 Å². The summed E-state index contributed by atoms with van der Waals surface area (Å²) >= 11 is 5.87. The number of hydrogen-bond donors (Lipinski definition) is 2. The number of rotatable bonds is 7. The number of benzene rings is 1. The number of aliphatic carboxylic acids is 1. The predicted molar refractivity (Wildman–Crippen MR) is 74.0 cm³/mol. The van der Waals surface area contributed by atoms with Crippen LogP contribution in [0.1, 0.15) is 44.7 Å². The van der Waals surface area contributed by atoms with Gasteiger partial charge >= 0.3 is 5.97 Å². The fraction of sp³-hybridized carbons (Fsp3) is 0.500. The van der Waals surface area contributed by atoms with E-state index in [9.17, 15) is 4.79 Å². The van der Waals surface area contributed by atoms with Crippen molar-refractivity contribution in [2.45, 2.75) is 45.2 Å². The van der Waals surface area contributed by atoms with Crippen LogP contribution in [-0.4, -0.2) is 17.1 Å². The molecule has 4 heteroatoms. The smallest absolute Gasteiger partial charge is 0.303 e. The van der Waals surface area contributed by atoms with Gasteiger partial charge in [-0.1, -0.05) is 37.6 Å².